The summed E-state index contributed by atoms with van der Waals surface area (Å²) >= 11 is 25.2. The first-order valence-corrected chi connectivity index (χ1v) is 14.5. The molecule has 2 fully saturated rings. The van der Waals surface area contributed by atoms with Crippen molar-refractivity contribution in [2.45, 2.75) is 31.8 Å². The SMILES string of the molecule is CC1CCN(c2ccc(N3C(=S)N[C@@H](c4ccccn4)[C@@H]3c3ccc(-c4ccc(Cl)c(Cl)c4)o3)cc2Cl)CC1. The highest BCUT2D eigenvalue weighted by Gasteiger charge is 2.42. The summed E-state index contributed by atoms with van der Waals surface area (Å²) in [5.41, 5.74) is 3.66. The van der Waals surface area contributed by atoms with Gasteiger partial charge in [-0.2, -0.15) is 0 Å². The van der Waals surface area contributed by atoms with Crippen molar-refractivity contribution in [3.63, 3.8) is 0 Å². The third kappa shape index (κ3) is 5.23. The zero-order valence-corrected chi connectivity index (χ0v) is 24.4. The lowest BCUT2D eigenvalue weighted by atomic mass is 9.98. The average molecular weight is 598 g/mol. The first kappa shape index (κ1) is 26.5. The first-order chi connectivity index (χ1) is 18.9. The van der Waals surface area contributed by atoms with Crippen molar-refractivity contribution in [3.05, 3.63) is 99.4 Å². The molecular weight excluding hydrogens is 571 g/mol. The van der Waals surface area contributed by atoms with Crippen molar-refractivity contribution in [1.82, 2.24) is 10.3 Å². The van der Waals surface area contributed by atoms with Crippen LogP contribution in [0.4, 0.5) is 11.4 Å². The second-order valence-corrected chi connectivity index (χ2v) is 11.7. The Balaban J connectivity index is 1.38. The topological polar surface area (TPSA) is 44.5 Å². The van der Waals surface area contributed by atoms with E-state index in [4.69, 9.17) is 51.4 Å². The molecule has 2 aliphatic rings. The number of nitrogens with one attached hydrogen (secondary N) is 1. The van der Waals surface area contributed by atoms with Gasteiger partial charge in [-0.05, 0) is 91.6 Å². The molecule has 0 radical (unpaired) electrons. The number of benzene rings is 2. The van der Waals surface area contributed by atoms with Crippen LogP contribution < -0.4 is 15.1 Å². The summed E-state index contributed by atoms with van der Waals surface area (Å²) in [6, 6.07) is 20.9. The van der Waals surface area contributed by atoms with Crippen LogP contribution in [0.1, 0.15) is 43.3 Å². The Morgan fingerprint density at radius 1 is 0.923 bits per heavy atom. The Kier molecular flexibility index (Phi) is 7.47. The number of rotatable bonds is 5. The molecule has 0 amide bonds. The van der Waals surface area contributed by atoms with E-state index < -0.39 is 0 Å². The first-order valence-electron chi connectivity index (χ1n) is 13.0. The van der Waals surface area contributed by atoms with Gasteiger partial charge in [0.15, 0.2) is 5.11 Å². The van der Waals surface area contributed by atoms with Crippen LogP contribution in [0.3, 0.4) is 0 Å². The Labute approximate surface area is 248 Å². The Hall–Kier alpha value is -2.77. The van der Waals surface area contributed by atoms with Gasteiger partial charge in [-0.25, -0.2) is 0 Å². The molecule has 2 aromatic carbocycles. The predicted molar refractivity (Wildman–Crippen MR) is 164 cm³/mol. The van der Waals surface area contributed by atoms with Crippen molar-refractivity contribution in [1.29, 1.82) is 0 Å². The van der Waals surface area contributed by atoms with Gasteiger partial charge >= 0.3 is 0 Å². The zero-order valence-electron chi connectivity index (χ0n) is 21.3. The summed E-state index contributed by atoms with van der Waals surface area (Å²) in [4.78, 5) is 9.07. The van der Waals surface area contributed by atoms with E-state index in [1.807, 2.05) is 42.5 Å². The number of anilines is 2. The number of piperidine rings is 1. The van der Waals surface area contributed by atoms with Crippen molar-refractivity contribution < 1.29 is 4.42 Å². The van der Waals surface area contributed by atoms with E-state index in [2.05, 4.69) is 39.2 Å². The van der Waals surface area contributed by atoms with Crippen LogP contribution in [0.5, 0.6) is 0 Å². The summed E-state index contributed by atoms with van der Waals surface area (Å²) in [6.45, 7) is 4.33. The molecule has 2 aliphatic heterocycles. The quantitative estimate of drug-likeness (QED) is 0.232. The highest BCUT2D eigenvalue weighted by atomic mass is 35.5. The van der Waals surface area contributed by atoms with Crippen LogP contribution in [-0.4, -0.2) is 23.2 Å². The van der Waals surface area contributed by atoms with E-state index in [0.29, 0.717) is 25.9 Å². The highest BCUT2D eigenvalue weighted by molar-refractivity contribution is 7.80. The summed E-state index contributed by atoms with van der Waals surface area (Å²) < 4.78 is 6.45. The number of hydrogen-bond acceptors (Lipinski definition) is 4. The monoisotopic (exact) mass is 596 g/mol. The molecule has 0 unspecified atom stereocenters. The van der Waals surface area contributed by atoms with Crippen LogP contribution in [0.2, 0.25) is 15.1 Å². The van der Waals surface area contributed by atoms with Crippen LogP contribution in [-0.2, 0) is 0 Å². The fourth-order valence-corrected chi connectivity index (χ4v) is 6.33. The van der Waals surface area contributed by atoms with E-state index >= 15 is 0 Å². The molecule has 5 nitrogen and oxygen atoms in total. The molecule has 0 saturated carbocycles. The Morgan fingerprint density at radius 2 is 1.74 bits per heavy atom. The lowest BCUT2D eigenvalue weighted by Crippen LogP contribution is -2.33. The minimum absolute atomic E-state index is 0.228. The molecule has 9 heteroatoms. The summed E-state index contributed by atoms with van der Waals surface area (Å²) in [5, 5.41) is 5.74. The molecule has 4 aromatic rings. The van der Waals surface area contributed by atoms with Gasteiger partial charge < -0.3 is 19.5 Å². The maximum atomic E-state index is 6.89. The smallest absolute Gasteiger partial charge is 0.174 e. The van der Waals surface area contributed by atoms with Crippen molar-refractivity contribution >= 4 is 63.5 Å². The third-order valence-corrected chi connectivity index (χ3v) is 8.91. The summed E-state index contributed by atoms with van der Waals surface area (Å²) in [7, 11) is 0. The van der Waals surface area contributed by atoms with E-state index in [9.17, 15) is 0 Å². The average Bonchev–Trinajstić information content (AvgIpc) is 3.56. The number of aromatic nitrogens is 1. The molecule has 39 heavy (non-hydrogen) atoms. The Morgan fingerprint density at radius 3 is 2.46 bits per heavy atom. The highest BCUT2D eigenvalue weighted by Crippen LogP contribution is 2.44. The number of furan rings is 1. The van der Waals surface area contributed by atoms with Gasteiger partial charge in [0.05, 0.1) is 32.5 Å². The third-order valence-electron chi connectivity index (χ3n) is 7.55. The predicted octanol–water partition coefficient (Wildman–Crippen LogP) is 8.72. The molecule has 0 bridgehead atoms. The molecule has 2 saturated heterocycles. The lowest BCUT2D eigenvalue weighted by Gasteiger charge is -2.33. The normalized spacial score (nSPS) is 19.9. The largest absolute Gasteiger partial charge is 0.459 e. The summed E-state index contributed by atoms with van der Waals surface area (Å²) in [6.07, 6.45) is 4.13. The number of thiocarbonyl (C=S) groups is 1. The molecule has 0 spiro atoms. The van der Waals surface area contributed by atoms with Crippen LogP contribution in [0, 0.1) is 5.92 Å². The molecule has 2 atom stereocenters. The minimum Gasteiger partial charge on any atom is -0.459 e. The van der Waals surface area contributed by atoms with Crippen molar-refractivity contribution in [3.8, 4) is 11.3 Å². The van der Waals surface area contributed by atoms with Gasteiger partial charge in [-0.1, -0.05) is 47.8 Å². The lowest BCUT2D eigenvalue weighted by molar-refractivity contribution is 0.438. The molecule has 1 N–H and O–H groups in total. The second kappa shape index (κ2) is 11.0. The molecule has 4 heterocycles. The molecule has 200 valence electrons. The van der Waals surface area contributed by atoms with Gasteiger partial charge in [0.2, 0.25) is 0 Å². The van der Waals surface area contributed by atoms with Gasteiger partial charge in [0.1, 0.15) is 17.6 Å². The number of pyridine rings is 1. The van der Waals surface area contributed by atoms with Crippen LogP contribution >= 0.6 is 47.0 Å². The van der Waals surface area contributed by atoms with Gasteiger partial charge in [-0.15, -0.1) is 0 Å². The molecule has 6 rings (SSSR count). The Bertz CT molecular complexity index is 1500. The van der Waals surface area contributed by atoms with E-state index in [-0.39, 0.29) is 12.1 Å². The minimum atomic E-state index is -0.290. The summed E-state index contributed by atoms with van der Waals surface area (Å²) in [5.74, 6) is 2.18. The fraction of sp³-hybridized carbons (Fsp3) is 0.267. The van der Waals surface area contributed by atoms with Crippen molar-refractivity contribution in [2.24, 2.45) is 5.92 Å². The molecule has 2 aromatic heterocycles. The van der Waals surface area contributed by atoms with Gasteiger partial charge in [0.25, 0.3) is 0 Å². The van der Waals surface area contributed by atoms with Gasteiger partial charge in [-0.3, -0.25) is 4.98 Å². The maximum absolute atomic E-state index is 6.89. The van der Waals surface area contributed by atoms with Gasteiger partial charge in [0, 0.05) is 30.5 Å². The van der Waals surface area contributed by atoms with E-state index in [1.54, 1.807) is 18.3 Å². The van der Waals surface area contributed by atoms with Crippen molar-refractivity contribution in [2.75, 3.05) is 22.9 Å². The standard InChI is InChI=1S/C30H27Cl3N4OS/c1-18-11-14-36(15-12-18)25-8-6-20(17-23(25)33)37-29(28(35-30(37)39)24-4-2-3-13-34-24)27-10-9-26(38-27)19-5-7-21(31)22(32)16-19/h2-10,13,16-18,28-29H,11-12,14-15H2,1H3,(H,35,39)/t28-,29-/m0/s1. The second-order valence-electron chi connectivity index (χ2n) is 10.1. The van der Waals surface area contributed by atoms with Crippen LogP contribution in [0.15, 0.2) is 77.3 Å². The molecule has 0 aliphatic carbocycles. The molecular formula is C30H27Cl3N4OS. The van der Waals surface area contributed by atoms with Crippen LogP contribution in [0.25, 0.3) is 11.3 Å². The van der Waals surface area contributed by atoms with E-state index in [1.165, 1.54) is 12.8 Å². The number of halogens is 3. The van der Waals surface area contributed by atoms with E-state index in [0.717, 1.165) is 47.4 Å². The number of hydrogen-bond donors (Lipinski definition) is 1. The maximum Gasteiger partial charge on any atom is 0.174 e. The number of nitrogens with zero attached hydrogens (tertiary/aromatic N) is 3. The zero-order chi connectivity index (χ0) is 27.1. The fourth-order valence-electron chi connectivity index (χ4n) is 5.39.